The van der Waals surface area contributed by atoms with Crippen LogP contribution in [0.5, 0.6) is 0 Å². The highest BCUT2D eigenvalue weighted by Crippen LogP contribution is 2.15. The van der Waals surface area contributed by atoms with Gasteiger partial charge < -0.3 is 14.2 Å². The molecule has 1 atom stereocenters. The third-order valence-electron chi connectivity index (χ3n) is 11.3. The van der Waals surface area contributed by atoms with E-state index in [-0.39, 0.29) is 31.1 Å². The molecule has 0 amide bonds. The van der Waals surface area contributed by atoms with Gasteiger partial charge in [-0.25, -0.2) is 0 Å². The van der Waals surface area contributed by atoms with Crippen LogP contribution in [0, 0.1) is 0 Å². The number of carbonyl (C=O) groups excluding carboxylic acids is 3. The summed E-state index contributed by atoms with van der Waals surface area (Å²) in [5, 5.41) is 0. The van der Waals surface area contributed by atoms with Crippen molar-refractivity contribution in [1.29, 1.82) is 0 Å². The van der Waals surface area contributed by atoms with E-state index in [9.17, 15) is 14.4 Å². The van der Waals surface area contributed by atoms with E-state index < -0.39 is 6.10 Å². The van der Waals surface area contributed by atoms with Gasteiger partial charge in [0.25, 0.3) is 0 Å². The Labute approximate surface area is 383 Å². The predicted molar refractivity (Wildman–Crippen MR) is 265 cm³/mol. The molecule has 0 N–H and O–H groups in total. The molecule has 0 radical (unpaired) electrons. The lowest BCUT2D eigenvalue weighted by molar-refractivity contribution is -0.167. The largest absolute Gasteiger partial charge is 0.462 e. The average Bonchev–Trinajstić information content (AvgIpc) is 3.27. The maximum atomic E-state index is 12.8. The summed E-state index contributed by atoms with van der Waals surface area (Å²) < 4.78 is 16.8. The second-order valence-corrected chi connectivity index (χ2v) is 17.4. The number of hydrogen-bond donors (Lipinski definition) is 0. The standard InChI is InChI=1S/C56H98O6/c1-4-7-10-13-16-19-22-25-27-28-30-32-35-37-40-43-46-49-55(58)61-52-53(62-56(59)50-47-44-41-38-33-24-21-18-15-12-9-6-3)51-60-54(57)48-45-42-39-36-34-31-29-26-23-20-17-14-11-8-5-2/h7,10,16,19-20,23,25,27,30,32,53H,4-6,8-9,11-15,17-18,21-22,24,26,28-29,31,33-52H2,1-3H3/b10-7-,19-16-,23-20-,27-25-,32-30-/t53-/m0/s1. The van der Waals surface area contributed by atoms with Crippen molar-refractivity contribution in [3.8, 4) is 0 Å². The molecule has 0 saturated carbocycles. The van der Waals surface area contributed by atoms with Crippen LogP contribution in [0.2, 0.25) is 0 Å². The maximum Gasteiger partial charge on any atom is 0.306 e. The first-order valence-corrected chi connectivity index (χ1v) is 26.3. The second kappa shape index (κ2) is 50.8. The molecule has 6 nitrogen and oxygen atoms in total. The molecule has 0 heterocycles. The van der Waals surface area contributed by atoms with E-state index in [1.807, 2.05) is 0 Å². The van der Waals surface area contributed by atoms with Crippen molar-refractivity contribution >= 4 is 17.9 Å². The van der Waals surface area contributed by atoms with Crippen molar-refractivity contribution in [3.05, 3.63) is 60.8 Å². The van der Waals surface area contributed by atoms with E-state index in [1.165, 1.54) is 122 Å². The summed E-state index contributed by atoms with van der Waals surface area (Å²) in [6.45, 7) is 6.49. The zero-order valence-corrected chi connectivity index (χ0v) is 40.9. The molecule has 62 heavy (non-hydrogen) atoms. The first kappa shape index (κ1) is 59.1. The van der Waals surface area contributed by atoms with E-state index in [4.69, 9.17) is 14.2 Å². The summed E-state index contributed by atoms with van der Waals surface area (Å²) in [5.41, 5.74) is 0. The Morgan fingerprint density at radius 2 is 0.629 bits per heavy atom. The highest BCUT2D eigenvalue weighted by molar-refractivity contribution is 5.71. The van der Waals surface area contributed by atoms with Crippen LogP contribution < -0.4 is 0 Å². The van der Waals surface area contributed by atoms with Gasteiger partial charge in [-0.1, -0.05) is 216 Å². The Morgan fingerprint density at radius 3 is 1.02 bits per heavy atom. The lowest BCUT2D eigenvalue weighted by Crippen LogP contribution is -2.30. The molecule has 0 saturated heterocycles. The van der Waals surface area contributed by atoms with Crippen LogP contribution in [0.3, 0.4) is 0 Å². The van der Waals surface area contributed by atoms with E-state index in [0.717, 1.165) is 96.3 Å². The molecular formula is C56H98O6. The minimum atomic E-state index is -0.783. The molecule has 6 heteroatoms. The quantitative estimate of drug-likeness (QED) is 0.0262. The van der Waals surface area contributed by atoms with Gasteiger partial charge >= 0.3 is 17.9 Å². The number of hydrogen-bond acceptors (Lipinski definition) is 6. The highest BCUT2D eigenvalue weighted by atomic mass is 16.6. The number of unbranched alkanes of at least 4 members (excludes halogenated alkanes) is 26. The van der Waals surface area contributed by atoms with Crippen molar-refractivity contribution in [1.82, 2.24) is 0 Å². The number of esters is 3. The van der Waals surface area contributed by atoms with Crippen LogP contribution in [0.4, 0.5) is 0 Å². The number of allylic oxidation sites excluding steroid dienone is 10. The van der Waals surface area contributed by atoms with Gasteiger partial charge in [-0.3, -0.25) is 14.4 Å². The molecule has 0 unspecified atom stereocenters. The van der Waals surface area contributed by atoms with Gasteiger partial charge in [-0.2, -0.15) is 0 Å². The maximum absolute atomic E-state index is 12.8. The molecule has 0 aromatic rings. The van der Waals surface area contributed by atoms with Crippen LogP contribution in [0.1, 0.15) is 258 Å². The summed E-state index contributed by atoms with van der Waals surface area (Å²) in [6.07, 6.45) is 62.0. The van der Waals surface area contributed by atoms with Crippen molar-refractivity contribution in [3.63, 3.8) is 0 Å². The van der Waals surface area contributed by atoms with Crippen LogP contribution in [-0.4, -0.2) is 37.2 Å². The topological polar surface area (TPSA) is 78.9 Å². The van der Waals surface area contributed by atoms with E-state index in [0.29, 0.717) is 19.3 Å². The lowest BCUT2D eigenvalue weighted by atomic mass is 10.0. The zero-order chi connectivity index (χ0) is 45.1. The Hall–Kier alpha value is -2.89. The first-order valence-electron chi connectivity index (χ1n) is 26.3. The number of rotatable bonds is 47. The van der Waals surface area contributed by atoms with E-state index in [2.05, 4.69) is 81.5 Å². The Balaban J connectivity index is 4.40. The third kappa shape index (κ3) is 48.1. The van der Waals surface area contributed by atoms with E-state index >= 15 is 0 Å². The number of carbonyl (C=O) groups is 3. The van der Waals surface area contributed by atoms with Gasteiger partial charge in [0.05, 0.1) is 0 Å². The smallest absolute Gasteiger partial charge is 0.306 e. The summed E-state index contributed by atoms with van der Waals surface area (Å²) in [5.74, 6) is -0.905. The molecule has 0 rings (SSSR count). The fourth-order valence-corrected chi connectivity index (χ4v) is 7.31. The predicted octanol–water partition coefficient (Wildman–Crippen LogP) is 17.3. The molecule has 0 aromatic carbocycles. The van der Waals surface area contributed by atoms with Gasteiger partial charge in [0.1, 0.15) is 13.2 Å². The van der Waals surface area contributed by atoms with Gasteiger partial charge in [-0.05, 0) is 83.5 Å². The fraction of sp³-hybridized carbons (Fsp3) is 0.768. The number of ether oxygens (including phenoxy) is 3. The van der Waals surface area contributed by atoms with Gasteiger partial charge in [-0.15, -0.1) is 0 Å². The highest BCUT2D eigenvalue weighted by Gasteiger charge is 2.19. The Bertz CT molecular complexity index is 1130. The Kier molecular flexibility index (Phi) is 48.4. The molecule has 0 aliphatic rings. The minimum Gasteiger partial charge on any atom is -0.462 e. The van der Waals surface area contributed by atoms with Crippen molar-refractivity contribution in [2.45, 2.75) is 264 Å². The molecule has 0 spiro atoms. The third-order valence-corrected chi connectivity index (χ3v) is 11.3. The monoisotopic (exact) mass is 867 g/mol. The van der Waals surface area contributed by atoms with Crippen molar-refractivity contribution in [2.75, 3.05) is 13.2 Å². The first-order chi connectivity index (χ1) is 30.5. The summed E-state index contributed by atoms with van der Waals surface area (Å²) >= 11 is 0. The normalized spacial score (nSPS) is 12.5. The summed E-state index contributed by atoms with van der Waals surface area (Å²) in [7, 11) is 0. The zero-order valence-electron chi connectivity index (χ0n) is 40.9. The molecule has 0 aliphatic carbocycles. The molecule has 0 aromatic heterocycles. The minimum absolute atomic E-state index is 0.0826. The molecule has 0 bridgehead atoms. The van der Waals surface area contributed by atoms with Crippen molar-refractivity contribution in [2.24, 2.45) is 0 Å². The summed E-state index contributed by atoms with van der Waals surface area (Å²) in [4.78, 5) is 38.0. The average molecular weight is 867 g/mol. The molecule has 0 fully saturated rings. The van der Waals surface area contributed by atoms with Crippen LogP contribution in [0.15, 0.2) is 60.8 Å². The Morgan fingerprint density at radius 1 is 0.339 bits per heavy atom. The van der Waals surface area contributed by atoms with Crippen LogP contribution in [-0.2, 0) is 28.6 Å². The SMILES string of the molecule is CC/C=C\C/C=C\C/C=C\C/C=C\CCCCCCC(=O)OC[C@H](COC(=O)CCCCCCCCC/C=C\CCCCCC)OC(=O)CCCCCCCCCCCCCC. The lowest BCUT2D eigenvalue weighted by Gasteiger charge is -2.18. The second-order valence-electron chi connectivity index (χ2n) is 17.4. The van der Waals surface area contributed by atoms with Crippen molar-refractivity contribution < 1.29 is 28.6 Å². The molecular weight excluding hydrogens is 769 g/mol. The van der Waals surface area contributed by atoms with Crippen LogP contribution in [0.25, 0.3) is 0 Å². The summed E-state index contributed by atoms with van der Waals surface area (Å²) in [6, 6.07) is 0. The molecule has 358 valence electrons. The van der Waals surface area contributed by atoms with Crippen LogP contribution >= 0.6 is 0 Å². The van der Waals surface area contributed by atoms with Gasteiger partial charge in [0.15, 0.2) is 6.10 Å². The van der Waals surface area contributed by atoms with Gasteiger partial charge in [0.2, 0.25) is 0 Å². The van der Waals surface area contributed by atoms with Gasteiger partial charge in [0, 0.05) is 19.3 Å². The fourth-order valence-electron chi connectivity index (χ4n) is 7.31. The molecule has 0 aliphatic heterocycles. The van der Waals surface area contributed by atoms with E-state index in [1.54, 1.807) is 0 Å².